The summed E-state index contributed by atoms with van der Waals surface area (Å²) in [5.74, 6) is 1.05. The number of nitrogens with zero attached hydrogens (tertiary/aromatic N) is 3. The van der Waals surface area contributed by atoms with Crippen molar-refractivity contribution in [3.63, 3.8) is 0 Å². The highest BCUT2D eigenvalue weighted by molar-refractivity contribution is 5.87. The highest BCUT2D eigenvalue weighted by Crippen LogP contribution is 2.25. The minimum atomic E-state index is 0.539. The Balaban J connectivity index is 1.97. The molecule has 2 aromatic rings. The lowest BCUT2D eigenvalue weighted by atomic mass is 10.1. The molecule has 1 atom stereocenters. The first-order chi connectivity index (χ1) is 8.90. The summed E-state index contributed by atoms with van der Waals surface area (Å²) in [4.78, 5) is 14.3. The number of anilines is 1. The van der Waals surface area contributed by atoms with Crippen LogP contribution in [0.25, 0.3) is 11.0 Å². The van der Waals surface area contributed by atoms with Gasteiger partial charge in [-0.3, -0.25) is 0 Å². The minimum Gasteiger partial charge on any atom is -0.352 e. The van der Waals surface area contributed by atoms with Gasteiger partial charge in [0.25, 0.3) is 0 Å². The van der Waals surface area contributed by atoms with E-state index in [0.717, 1.165) is 36.5 Å². The summed E-state index contributed by atoms with van der Waals surface area (Å²) < 4.78 is 0. The molecular formula is C13H19N5. The Labute approximate surface area is 107 Å². The number of hydrogen-bond acceptors (Lipinski definition) is 4. The predicted octanol–water partition coefficient (Wildman–Crippen LogP) is 1.54. The van der Waals surface area contributed by atoms with Crippen molar-refractivity contribution in [2.45, 2.75) is 25.8 Å². The summed E-state index contributed by atoms with van der Waals surface area (Å²) in [6.07, 6.45) is 6.04. The van der Waals surface area contributed by atoms with Crippen LogP contribution in [0, 0.1) is 0 Å². The lowest BCUT2D eigenvalue weighted by molar-refractivity contribution is 0.434. The third kappa shape index (κ3) is 1.95. The minimum absolute atomic E-state index is 0.539. The fourth-order valence-electron chi connectivity index (χ4n) is 2.77. The number of aromatic nitrogens is 3. The molecule has 3 heterocycles. The first kappa shape index (κ1) is 11.5. The number of nitrogens with one attached hydrogen (secondary N) is 2. The maximum atomic E-state index is 4.49. The number of rotatable bonds is 3. The van der Waals surface area contributed by atoms with Crippen LogP contribution in [-0.2, 0) is 0 Å². The number of hydrogen-bond donors (Lipinski definition) is 2. The number of likely N-dealkylation sites (N-methyl/N-ethyl adjacent to an activating group) is 1. The number of fused-ring (bicyclic) bond motifs is 1. The van der Waals surface area contributed by atoms with Crippen LogP contribution in [0.15, 0.2) is 18.6 Å². The first-order valence-corrected chi connectivity index (χ1v) is 6.65. The maximum Gasteiger partial charge on any atom is 0.142 e. The molecule has 3 rings (SSSR count). The van der Waals surface area contributed by atoms with Crippen LogP contribution >= 0.6 is 0 Å². The fraction of sp³-hybridized carbons (Fsp3) is 0.538. The maximum absolute atomic E-state index is 4.49. The first-order valence-electron chi connectivity index (χ1n) is 6.65. The quantitative estimate of drug-likeness (QED) is 0.861. The largest absolute Gasteiger partial charge is 0.352 e. The summed E-state index contributed by atoms with van der Waals surface area (Å²) in [5, 5.41) is 4.58. The Morgan fingerprint density at radius 3 is 3.17 bits per heavy atom. The molecule has 0 saturated carbocycles. The Bertz CT molecular complexity index is 515. The van der Waals surface area contributed by atoms with E-state index in [1.165, 1.54) is 12.8 Å². The van der Waals surface area contributed by atoms with Gasteiger partial charge in [0.2, 0.25) is 0 Å². The normalized spacial score (nSPS) is 20.2. The van der Waals surface area contributed by atoms with Crippen molar-refractivity contribution in [2.24, 2.45) is 0 Å². The Morgan fingerprint density at radius 1 is 1.44 bits per heavy atom. The molecule has 1 aliphatic rings. The average molecular weight is 245 g/mol. The Morgan fingerprint density at radius 2 is 2.39 bits per heavy atom. The molecule has 0 spiro atoms. The molecule has 5 nitrogen and oxygen atoms in total. The van der Waals surface area contributed by atoms with E-state index in [1.54, 1.807) is 6.33 Å². The number of H-pyrrole nitrogens is 1. The van der Waals surface area contributed by atoms with Crippen LogP contribution in [0.3, 0.4) is 0 Å². The molecule has 0 radical (unpaired) electrons. The van der Waals surface area contributed by atoms with Crippen LogP contribution in [-0.4, -0.2) is 40.6 Å². The zero-order chi connectivity index (χ0) is 12.4. The van der Waals surface area contributed by atoms with E-state index >= 15 is 0 Å². The summed E-state index contributed by atoms with van der Waals surface area (Å²) >= 11 is 0. The second-order valence-corrected chi connectivity index (χ2v) is 4.72. The van der Waals surface area contributed by atoms with Gasteiger partial charge < -0.3 is 15.2 Å². The van der Waals surface area contributed by atoms with Crippen molar-refractivity contribution < 1.29 is 0 Å². The van der Waals surface area contributed by atoms with Crippen molar-refractivity contribution in [2.75, 3.05) is 24.5 Å². The Kier molecular flexibility index (Phi) is 3.15. The number of piperidine rings is 1. The summed E-state index contributed by atoms with van der Waals surface area (Å²) in [6, 6.07) is 2.60. The average Bonchev–Trinajstić information content (AvgIpc) is 2.90. The van der Waals surface area contributed by atoms with Gasteiger partial charge in [-0.05, 0) is 32.4 Å². The van der Waals surface area contributed by atoms with E-state index in [1.807, 2.05) is 6.20 Å². The van der Waals surface area contributed by atoms with Crippen LogP contribution in [0.5, 0.6) is 0 Å². The van der Waals surface area contributed by atoms with Gasteiger partial charge >= 0.3 is 0 Å². The van der Waals surface area contributed by atoms with Crippen molar-refractivity contribution in [1.82, 2.24) is 20.3 Å². The van der Waals surface area contributed by atoms with Crippen LogP contribution in [0.2, 0.25) is 0 Å². The molecule has 1 saturated heterocycles. The van der Waals surface area contributed by atoms with E-state index in [4.69, 9.17) is 0 Å². The monoisotopic (exact) mass is 245 g/mol. The van der Waals surface area contributed by atoms with Crippen molar-refractivity contribution >= 4 is 16.9 Å². The third-order valence-electron chi connectivity index (χ3n) is 3.66. The number of aromatic amines is 1. The summed E-state index contributed by atoms with van der Waals surface area (Å²) in [7, 11) is 0. The summed E-state index contributed by atoms with van der Waals surface area (Å²) in [6.45, 7) is 5.35. The molecule has 0 aliphatic carbocycles. The van der Waals surface area contributed by atoms with Gasteiger partial charge in [0.1, 0.15) is 17.8 Å². The molecule has 1 aliphatic heterocycles. The SMILES string of the molecule is CCN(c1ncnc2[nH]ccc12)[C@H]1CCCNC1. The van der Waals surface area contributed by atoms with E-state index in [0.29, 0.717) is 6.04 Å². The van der Waals surface area contributed by atoms with Crippen LogP contribution in [0.4, 0.5) is 5.82 Å². The molecule has 0 aromatic carbocycles. The lowest BCUT2D eigenvalue weighted by Gasteiger charge is -2.35. The molecule has 96 valence electrons. The van der Waals surface area contributed by atoms with Crippen molar-refractivity contribution in [3.8, 4) is 0 Å². The molecule has 0 unspecified atom stereocenters. The zero-order valence-corrected chi connectivity index (χ0v) is 10.7. The topological polar surface area (TPSA) is 56.8 Å². The van der Waals surface area contributed by atoms with Crippen LogP contribution in [0.1, 0.15) is 19.8 Å². The molecular weight excluding hydrogens is 226 g/mol. The molecule has 0 bridgehead atoms. The smallest absolute Gasteiger partial charge is 0.142 e. The molecule has 2 aromatic heterocycles. The van der Waals surface area contributed by atoms with Gasteiger partial charge in [-0.2, -0.15) is 0 Å². The van der Waals surface area contributed by atoms with Gasteiger partial charge in [0.05, 0.1) is 5.39 Å². The Hall–Kier alpha value is -1.62. The summed E-state index contributed by atoms with van der Waals surface area (Å²) in [5.41, 5.74) is 0.919. The van der Waals surface area contributed by atoms with E-state index in [9.17, 15) is 0 Å². The predicted molar refractivity (Wildman–Crippen MR) is 72.8 cm³/mol. The zero-order valence-electron chi connectivity index (χ0n) is 10.7. The second-order valence-electron chi connectivity index (χ2n) is 4.72. The molecule has 2 N–H and O–H groups in total. The van der Waals surface area contributed by atoms with E-state index in [-0.39, 0.29) is 0 Å². The highest BCUT2D eigenvalue weighted by Gasteiger charge is 2.22. The third-order valence-corrected chi connectivity index (χ3v) is 3.66. The van der Waals surface area contributed by atoms with Crippen LogP contribution < -0.4 is 10.2 Å². The fourth-order valence-corrected chi connectivity index (χ4v) is 2.77. The van der Waals surface area contributed by atoms with Gasteiger partial charge in [-0.25, -0.2) is 9.97 Å². The van der Waals surface area contributed by atoms with Gasteiger partial charge in [0, 0.05) is 25.3 Å². The van der Waals surface area contributed by atoms with E-state index < -0.39 is 0 Å². The molecule has 1 fully saturated rings. The highest BCUT2D eigenvalue weighted by atomic mass is 15.2. The molecule has 18 heavy (non-hydrogen) atoms. The van der Waals surface area contributed by atoms with Crippen molar-refractivity contribution in [1.29, 1.82) is 0 Å². The van der Waals surface area contributed by atoms with Gasteiger partial charge in [-0.1, -0.05) is 0 Å². The second kappa shape index (κ2) is 4.94. The van der Waals surface area contributed by atoms with Gasteiger partial charge in [0.15, 0.2) is 0 Å². The standard InChI is InChI=1S/C13H19N5/c1-2-18(10-4-3-6-14-8-10)13-11-5-7-15-12(11)16-9-17-13/h5,7,9-10,14H,2-4,6,8H2,1H3,(H,15,16,17)/t10-/m0/s1. The van der Waals surface area contributed by atoms with E-state index in [2.05, 4.69) is 38.2 Å². The van der Waals surface area contributed by atoms with Gasteiger partial charge in [-0.15, -0.1) is 0 Å². The molecule has 0 amide bonds. The van der Waals surface area contributed by atoms with Crippen molar-refractivity contribution in [3.05, 3.63) is 18.6 Å². The molecule has 5 heteroatoms. The lowest BCUT2D eigenvalue weighted by Crippen LogP contribution is -2.46.